The lowest BCUT2D eigenvalue weighted by molar-refractivity contribution is 0.000598. The monoisotopic (exact) mass is 388 g/mol. The third-order valence-electron chi connectivity index (χ3n) is 3.25. The Bertz CT molecular complexity index is 340. The van der Waals surface area contributed by atoms with Crippen molar-refractivity contribution in [3.8, 4) is 0 Å². The highest BCUT2D eigenvalue weighted by Crippen LogP contribution is 2.16. The lowest BCUT2D eigenvalue weighted by Gasteiger charge is -2.16. The van der Waals surface area contributed by atoms with Gasteiger partial charge in [0.15, 0.2) is 0 Å². The van der Waals surface area contributed by atoms with Gasteiger partial charge in [0, 0.05) is 6.61 Å². The van der Waals surface area contributed by atoms with Crippen LogP contribution < -0.4 is 0 Å². The van der Waals surface area contributed by atoms with Gasteiger partial charge in [0.05, 0.1) is 39.6 Å². The minimum absolute atomic E-state index is 0.0694. The Morgan fingerprint density at radius 1 is 0.800 bits per heavy atom. The molecule has 0 aliphatic rings. The van der Waals surface area contributed by atoms with Gasteiger partial charge in [-0.05, 0) is 18.8 Å². The van der Waals surface area contributed by atoms with Crippen molar-refractivity contribution >= 4 is 10.4 Å². The van der Waals surface area contributed by atoms with Crippen molar-refractivity contribution in [3.05, 3.63) is 0 Å². The largest absolute Gasteiger partial charge is 0.394 e. The maximum Gasteiger partial charge on any atom is 0.394 e. The van der Waals surface area contributed by atoms with Crippen molar-refractivity contribution in [1.29, 1.82) is 0 Å². The average Bonchev–Trinajstić information content (AvgIpc) is 2.52. The van der Waals surface area contributed by atoms with Gasteiger partial charge in [-0.3, -0.25) is 9.11 Å². The van der Waals surface area contributed by atoms with Crippen LogP contribution in [0.5, 0.6) is 0 Å². The molecule has 0 saturated heterocycles. The molecule has 0 aromatic rings. The second kappa shape index (κ2) is 20.0. The zero-order chi connectivity index (χ0) is 19.4. The second-order valence-corrected chi connectivity index (χ2v) is 6.52. The maximum atomic E-state index is 8.74. The molecule has 0 radical (unpaired) electrons. The van der Waals surface area contributed by atoms with Crippen LogP contribution in [0.2, 0.25) is 0 Å². The van der Waals surface area contributed by atoms with Crippen LogP contribution in [0.4, 0.5) is 0 Å². The zero-order valence-corrected chi connectivity index (χ0v) is 16.4. The molecule has 3 N–H and O–H groups in total. The number of aliphatic hydroxyl groups is 1. The summed E-state index contributed by atoms with van der Waals surface area (Å²) < 4.78 is 47.8. The predicted molar refractivity (Wildman–Crippen MR) is 96.3 cm³/mol. The zero-order valence-electron chi connectivity index (χ0n) is 15.6. The van der Waals surface area contributed by atoms with E-state index in [1.165, 1.54) is 38.5 Å². The third-order valence-corrected chi connectivity index (χ3v) is 3.25. The van der Waals surface area contributed by atoms with E-state index in [2.05, 4.69) is 13.8 Å². The van der Waals surface area contributed by atoms with E-state index < -0.39 is 10.4 Å². The van der Waals surface area contributed by atoms with Crippen molar-refractivity contribution < 1.29 is 36.8 Å². The summed E-state index contributed by atoms with van der Waals surface area (Å²) in [5, 5.41) is 8.53. The molecule has 0 fully saturated rings. The molecule has 25 heavy (non-hydrogen) atoms. The van der Waals surface area contributed by atoms with Crippen molar-refractivity contribution in [1.82, 2.24) is 0 Å². The molecule has 0 amide bonds. The summed E-state index contributed by atoms with van der Waals surface area (Å²) in [6.45, 7) is 8.19. The second-order valence-electron chi connectivity index (χ2n) is 5.62. The van der Waals surface area contributed by atoms with Crippen molar-refractivity contribution in [2.75, 3.05) is 46.2 Å². The van der Waals surface area contributed by atoms with Crippen LogP contribution in [0.15, 0.2) is 0 Å². The molecule has 0 rings (SSSR count). The molecule has 0 saturated carbocycles. The van der Waals surface area contributed by atoms with Gasteiger partial charge in [0.2, 0.25) is 0 Å². The molecule has 0 aliphatic carbocycles. The van der Waals surface area contributed by atoms with Gasteiger partial charge in [0.1, 0.15) is 0 Å². The third kappa shape index (κ3) is 31.9. The van der Waals surface area contributed by atoms with Crippen LogP contribution in [0.3, 0.4) is 0 Å². The Hall–Kier alpha value is -0.290. The molecule has 0 aliphatic heterocycles. The quantitative estimate of drug-likeness (QED) is 0.272. The standard InChI is InChI=1S/C16H34O4.H2O4S/c1-3-5-6-8-16(7-4-2)15-20-14-13-19-12-11-18-10-9-17;1-5(2,3)4/h16-17H,3-15H2,1-2H3;(H2,1,2,3,4). The van der Waals surface area contributed by atoms with Crippen molar-refractivity contribution in [2.45, 2.75) is 52.4 Å². The molecule has 1 unspecified atom stereocenters. The first-order chi connectivity index (χ1) is 11.8. The first kappa shape index (κ1) is 26.9. The average molecular weight is 389 g/mol. The number of hydrogen-bond acceptors (Lipinski definition) is 6. The number of aliphatic hydroxyl groups excluding tert-OH is 1. The number of hydrogen-bond donors (Lipinski definition) is 3. The van der Waals surface area contributed by atoms with E-state index >= 15 is 0 Å². The summed E-state index contributed by atoms with van der Waals surface area (Å²) in [6.07, 6.45) is 7.72. The number of ether oxygens (including phenoxy) is 3. The fourth-order valence-electron chi connectivity index (χ4n) is 2.16. The summed E-state index contributed by atoms with van der Waals surface area (Å²) >= 11 is 0. The lowest BCUT2D eigenvalue weighted by Crippen LogP contribution is -2.14. The summed E-state index contributed by atoms with van der Waals surface area (Å²) in [6, 6.07) is 0. The van der Waals surface area contributed by atoms with Gasteiger partial charge in [-0.25, -0.2) is 0 Å². The van der Waals surface area contributed by atoms with E-state index in [0.717, 1.165) is 6.61 Å². The molecule has 0 aromatic heterocycles. The Morgan fingerprint density at radius 2 is 1.32 bits per heavy atom. The summed E-state index contributed by atoms with van der Waals surface area (Å²) in [5.41, 5.74) is 0. The molecular formula is C16H36O8S. The van der Waals surface area contributed by atoms with E-state index in [1.54, 1.807) is 0 Å². The van der Waals surface area contributed by atoms with Crippen LogP contribution >= 0.6 is 0 Å². The summed E-state index contributed by atoms with van der Waals surface area (Å²) in [7, 11) is -4.67. The SMILES string of the molecule is CCCCCC(CCC)COCCOCCOCCO.O=S(=O)(O)O. The van der Waals surface area contributed by atoms with E-state index in [9.17, 15) is 0 Å². The minimum atomic E-state index is -4.67. The Labute approximate surface area is 152 Å². The Kier molecular flexibility index (Phi) is 21.6. The highest BCUT2D eigenvalue weighted by atomic mass is 32.3. The fraction of sp³-hybridized carbons (Fsp3) is 1.00. The molecule has 1 atom stereocenters. The van der Waals surface area contributed by atoms with Gasteiger partial charge in [0.25, 0.3) is 0 Å². The van der Waals surface area contributed by atoms with Crippen LogP contribution in [0, 0.1) is 5.92 Å². The summed E-state index contributed by atoms with van der Waals surface area (Å²) in [4.78, 5) is 0. The Balaban J connectivity index is 0. The van der Waals surface area contributed by atoms with Gasteiger partial charge in [-0.2, -0.15) is 8.42 Å². The predicted octanol–water partition coefficient (Wildman–Crippen LogP) is 2.37. The van der Waals surface area contributed by atoms with E-state index in [-0.39, 0.29) is 6.61 Å². The number of rotatable bonds is 16. The molecule has 9 heteroatoms. The van der Waals surface area contributed by atoms with E-state index in [1.807, 2.05) is 0 Å². The topological polar surface area (TPSA) is 123 Å². The van der Waals surface area contributed by atoms with Crippen LogP contribution in [-0.4, -0.2) is 68.9 Å². The van der Waals surface area contributed by atoms with E-state index in [4.69, 9.17) is 36.8 Å². The normalized spacial score (nSPS) is 12.5. The minimum Gasteiger partial charge on any atom is -0.394 e. The number of unbranched alkanes of at least 4 members (excludes halogenated alkanes) is 2. The molecular weight excluding hydrogens is 352 g/mol. The molecule has 0 aromatic carbocycles. The van der Waals surface area contributed by atoms with Crippen LogP contribution in [-0.2, 0) is 24.6 Å². The highest BCUT2D eigenvalue weighted by Gasteiger charge is 2.07. The van der Waals surface area contributed by atoms with Crippen molar-refractivity contribution in [3.63, 3.8) is 0 Å². The van der Waals surface area contributed by atoms with Gasteiger partial charge in [-0.15, -0.1) is 0 Å². The maximum absolute atomic E-state index is 8.74. The highest BCUT2D eigenvalue weighted by molar-refractivity contribution is 7.79. The first-order valence-corrected chi connectivity index (χ1v) is 10.3. The summed E-state index contributed by atoms with van der Waals surface area (Å²) in [5.74, 6) is 0.708. The van der Waals surface area contributed by atoms with Gasteiger partial charge >= 0.3 is 10.4 Å². The first-order valence-electron chi connectivity index (χ1n) is 8.89. The molecule has 8 nitrogen and oxygen atoms in total. The van der Waals surface area contributed by atoms with Crippen molar-refractivity contribution in [2.24, 2.45) is 5.92 Å². The molecule has 0 bridgehead atoms. The lowest BCUT2D eigenvalue weighted by atomic mass is 9.97. The van der Waals surface area contributed by atoms with Crippen LogP contribution in [0.1, 0.15) is 52.4 Å². The molecule has 0 heterocycles. The smallest absolute Gasteiger partial charge is 0.394 e. The van der Waals surface area contributed by atoms with Crippen LogP contribution in [0.25, 0.3) is 0 Å². The van der Waals surface area contributed by atoms with E-state index in [0.29, 0.717) is 39.0 Å². The molecule has 154 valence electrons. The Morgan fingerprint density at radius 3 is 1.80 bits per heavy atom. The van der Waals surface area contributed by atoms with Gasteiger partial charge in [-0.1, -0.05) is 39.5 Å². The molecule has 0 spiro atoms. The van der Waals surface area contributed by atoms with Gasteiger partial charge < -0.3 is 19.3 Å². The fourth-order valence-corrected chi connectivity index (χ4v) is 2.16.